The molecule has 0 aliphatic heterocycles. The number of nitrogens with one attached hydrogen (secondary N) is 1. The van der Waals surface area contributed by atoms with Crippen LogP contribution in [-0.2, 0) is 0 Å². The van der Waals surface area contributed by atoms with Crippen LogP contribution in [0.4, 0.5) is 5.95 Å². The number of aromatic nitrogens is 3. The molecule has 102 valence electrons. The van der Waals surface area contributed by atoms with Gasteiger partial charge in [0.15, 0.2) is 0 Å². The number of nitrogens with two attached hydrogens (primary N) is 1. The third-order valence-corrected chi connectivity index (χ3v) is 3.11. The van der Waals surface area contributed by atoms with Gasteiger partial charge in [-0.3, -0.25) is 0 Å². The monoisotopic (exact) mass is 259 g/mol. The van der Waals surface area contributed by atoms with E-state index >= 15 is 0 Å². The Morgan fingerprint density at radius 2 is 2.00 bits per heavy atom. The highest BCUT2D eigenvalue weighted by Gasteiger charge is 2.19. The Balaban J connectivity index is 2.10. The van der Waals surface area contributed by atoms with E-state index in [0.29, 0.717) is 6.54 Å². The number of nitrogens with zero attached hydrogens (tertiary/aromatic N) is 3. The van der Waals surface area contributed by atoms with Crippen LogP contribution in [0.1, 0.15) is 13.8 Å². The average Bonchev–Trinajstić information content (AvgIpc) is 2.92. The first-order valence-electron chi connectivity index (χ1n) is 6.39. The van der Waals surface area contributed by atoms with Gasteiger partial charge >= 0.3 is 0 Å². The lowest BCUT2D eigenvalue weighted by molar-refractivity contribution is 0.383. The molecule has 5 nitrogen and oxygen atoms in total. The molecule has 0 atom stereocenters. The summed E-state index contributed by atoms with van der Waals surface area (Å²) in [6.07, 6.45) is 5.55. The van der Waals surface area contributed by atoms with Crippen LogP contribution in [-0.4, -0.2) is 35.1 Å². The molecule has 3 N–H and O–H groups in total. The maximum Gasteiger partial charge on any atom is 0.225 e. The summed E-state index contributed by atoms with van der Waals surface area (Å²) in [6, 6.07) is 3.96. The fourth-order valence-electron chi connectivity index (χ4n) is 1.94. The van der Waals surface area contributed by atoms with Gasteiger partial charge in [0.2, 0.25) is 5.95 Å². The minimum Gasteiger partial charge on any atom is -0.361 e. The van der Waals surface area contributed by atoms with Crippen LogP contribution >= 0.6 is 0 Å². The van der Waals surface area contributed by atoms with E-state index in [1.54, 1.807) is 0 Å². The number of rotatable bonds is 5. The highest BCUT2D eigenvalue weighted by atomic mass is 15.2. The molecule has 0 fully saturated rings. The highest BCUT2D eigenvalue weighted by Crippen LogP contribution is 2.19. The van der Waals surface area contributed by atoms with Crippen molar-refractivity contribution in [2.75, 3.05) is 25.0 Å². The molecule has 19 heavy (non-hydrogen) atoms. The van der Waals surface area contributed by atoms with E-state index in [1.807, 2.05) is 42.7 Å². The molecule has 2 heterocycles. The third kappa shape index (κ3) is 3.32. The van der Waals surface area contributed by atoms with E-state index in [4.69, 9.17) is 5.73 Å². The zero-order valence-corrected chi connectivity index (χ0v) is 11.7. The second-order valence-corrected chi connectivity index (χ2v) is 5.58. The molecule has 2 aromatic rings. The quantitative estimate of drug-likeness (QED) is 0.860. The smallest absolute Gasteiger partial charge is 0.225 e. The summed E-state index contributed by atoms with van der Waals surface area (Å²) in [5.41, 5.74) is 7.81. The first-order valence-corrected chi connectivity index (χ1v) is 6.39. The lowest BCUT2D eigenvalue weighted by Gasteiger charge is -2.28. The van der Waals surface area contributed by atoms with Crippen LogP contribution in [0.5, 0.6) is 0 Å². The minimum absolute atomic E-state index is 0.0518. The zero-order valence-electron chi connectivity index (χ0n) is 11.7. The van der Waals surface area contributed by atoms with Crippen LogP contribution in [0.2, 0.25) is 0 Å². The van der Waals surface area contributed by atoms with Crippen molar-refractivity contribution in [3.05, 3.63) is 30.7 Å². The van der Waals surface area contributed by atoms with Gasteiger partial charge in [0.1, 0.15) is 0 Å². The highest BCUT2D eigenvalue weighted by molar-refractivity contribution is 5.57. The maximum atomic E-state index is 5.75. The molecular formula is C14H21N5. The zero-order chi connectivity index (χ0) is 13.9. The molecule has 2 aromatic heterocycles. The van der Waals surface area contributed by atoms with Crippen molar-refractivity contribution < 1.29 is 0 Å². The van der Waals surface area contributed by atoms with Gasteiger partial charge in [0.25, 0.3) is 0 Å². The summed E-state index contributed by atoms with van der Waals surface area (Å²) < 4.78 is 0. The molecule has 0 saturated carbocycles. The van der Waals surface area contributed by atoms with Gasteiger partial charge in [-0.2, -0.15) is 0 Å². The summed E-state index contributed by atoms with van der Waals surface area (Å²) in [4.78, 5) is 14.0. The fourth-order valence-corrected chi connectivity index (χ4v) is 1.94. The molecule has 0 aliphatic rings. The van der Waals surface area contributed by atoms with Gasteiger partial charge < -0.3 is 15.6 Å². The van der Waals surface area contributed by atoms with Crippen molar-refractivity contribution in [2.45, 2.75) is 13.8 Å². The largest absolute Gasteiger partial charge is 0.361 e. The van der Waals surface area contributed by atoms with Crippen LogP contribution in [0.25, 0.3) is 11.3 Å². The lowest BCUT2D eigenvalue weighted by Crippen LogP contribution is -2.37. The molecule has 0 spiro atoms. The van der Waals surface area contributed by atoms with E-state index in [9.17, 15) is 0 Å². The maximum absolute atomic E-state index is 5.75. The molecule has 0 unspecified atom stereocenters. The number of aromatic amines is 1. The number of hydrogen-bond acceptors (Lipinski definition) is 4. The van der Waals surface area contributed by atoms with E-state index in [2.05, 4.69) is 28.8 Å². The van der Waals surface area contributed by atoms with Crippen LogP contribution in [0, 0.1) is 5.41 Å². The molecule has 0 amide bonds. The summed E-state index contributed by atoms with van der Waals surface area (Å²) in [7, 11) is 1.99. The van der Waals surface area contributed by atoms with E-state index in [1.165, 1.54) is 0 Å². The van der Waals surface area contributed by atoms with E-state index < -0.39 is 0 Å². The van der Waals surface area contributed by atoms with E-state index in [-0.39, 0.29) is 5.41 Å². The lowest BCUT2D eigenvalue weighted by atomic mass is 9.93. The van der Waals surface area contributed by atoms with Gasteiger partial charge in [0, 0.05) is 43.4 Å². The fraction of sp³-hybridized carbons (Fsp3) is 0.429. The summed E-state index contributed by atoms with van der Waals surface area (Å²) >= 11 is 0. The molecule has 0 aliphatic carbocycles. The molecular weight excluding hydrogens is 238 g/mol. The number of anilines is 1. The Bertz CT molecular complexity index is 501. The van der Waals surface area contributed by atoms with Crippen molar-refractivity contribution in [3.8, 4) is 11.3 Å². The van der Waals surface area contributed by atoms with Crippen LogP contribution in [0.3, 0.4) is 0 Å². The topological polar surface area (TPSA) is 70.8 Å². The van der Waals surface area contributed by atoms with Crippen molar-refractivity contribution in [1.82, 2.24) is 15.0 Å². The van der Waals surface area contributed by atoms with Gasteiger partial charge in [-0.25, -0.2) is 9.97 Å². The number of hydrogen-bond donors (Lipinski definition) is 2. The Hall–Kier alpha value is -1.88. The van der Waals surface area contributed by atoms with Crippen LogP contribution in [0.15, 0.2) is 30.7 Å². The van der Waals surface area contributed by atoms with Gasteiger partial charge in [-0.15, -0.1) is 0 Å². The van der Waals surface area contributed by atoms with Gasteiger partial charge in [-0.05, 0) is 24.1 Å². The standard InChI is InChI=1S/C14H21N5/c1-14(2,9-15)10-19(3)13-17-7-11(8-18-13)12-5-4-6-16-12/h4-8,16H,9-10,15H2,1-3H3. The second-order valence-electron chi connectivity index (χ2n) is 5.58. The van der Waals surface area contributed by atoms with Crippen LogP contribution < -0.4 is 10.6 Å². The first kappa shape index (κ1) is 13.5. The average molecular weight is 259 g/mol. The number of H-pyrrole nitrogens is 1. The Morgan fingerprint density at radius 1 is 1.32 bits per heavy atom. The molecule has 0 saturated heterocycles. The van der Waals surface area contributed by atoms with Crippen molar-refractivity contribution in [1.29, 1.82) is 0 Å². The van der Waals surface area contributed by atoms with Crippen molar-refractivity contribution in [2.24, 2.45) is 11.1 Å². The molecule has 0 aromatic carbocycles. The molecule has 0 radical (unpaired) electrons. The van der Waals surface area contributed by atoms with Crippen molar-refractivity contribution in [3.63, 3.8) is 0 Å². The summed E-state index contributed by atoms with van der Waals surface area (Å²) in [6.45, 7) is 5.73. The Labute approximate surface area is 113 Å². The Morgan fingerprint density at radius 3 is 2.53 bits per heavy atom. The third-order valence-electron chi connectivity index (χ3n) is 3.11. The summed E-state index contributed by atoms with van der Waals surface area (Å²) in [5.74, 6) is 0.719. The molecule has 2 rings (SSSR count). The van der Waals surface area contributed by atoms with Crippen molar-refractivity contribution >= 4 is 5.95 Å². The molecule has 5 heteroatoms. The predicted molar refractivity (Wildman–Crippen MR) is 77.9 cm³/mol. The summed E-state index contributed by atoms with van der Waals surface area (Å²) in [5, 5.41) is 0. The SMILES string of the molecule is CN(CC(C)(C)CN)c1ncc(-c2ccc[nH]2)cn1. The van der Waals surface area contributed by atoms with Gasteiger partial charge in [-0.1, -0.05) is 13.8 Å². The normalized spacial score (nSPS) is 11.6. The van der Waals surface area contributed by atoms with E-state index in [0.717, 1.165) is 23.8 Å². The Kier molecular flexibility index (Phi) is 3.85. The second kappa shape index (κ2) is 5.40. The predicted octanol–water partition coefficient (Wildman–Crippen LogP) is 1.89. The molecule has 0 bridgehead atoms. The van der Waals surface area contributed by atoms with Gasteiger partial charge in [0.05, 0.1) is 0 Å². The first-order chi connectivity index (χ1) is 9.02. The minimum atomic E-state index is 0.0518.